The smallest absolute Gasteiger partial charge is 0.195 e. The van der Waals surface area contributed by atoms with Crippen LogP contribution in [0.2, 0.25) is 0 Å². The molecule has 3 rings (SSSR count). The third-order valence-electron chi connectivity index (χ3n) is 3.20. The Morgan fingerprint density at radius 1 is 1.53 bits per heavy atom. The van der Waals surface area contributed by atoms with Gasteiger partial charge in [0.05, 0.1) is 6.54 Å². The molecule has 4 nitrogen and oxygen atoms in total. The molecule has 0 radical (unpaired) electrons. The van der Waals surface area contributed by atoms with Crippen LogP contribution in [0.3, 0.4) is 0 Å². The number of aromatic nitrogens is 4. The van der Waals surface area contributed by atoms with E-state index >= 15 is 0 Å². The molecule has 0 unspecified atom stereocenters. The average molecular weight is 246 g/mol. The molecule has 1 aliphatic rings. The normalized spacial score (nSPS) is 15.1. The van der Waals surface area contributed by atoms with Crippen molar-refractivity contribution in [3.05, 3.63) is 40.2 Å². The van der Waals surface area contributed by atoms with Crippen LogP contribution in [-0.4, -0.2) is 19.7 Å². The molecule has 2 aromatic heterocycles. The number of H-pyrrole nitrogens is 1. The molecule has 0 aromatic carbocycles. The van der Waals surface area contributed by atoms with Crippen LogP contribution in [0.5, 0.6) is 0 Å². The molecule has 5 heteroatoms. The largest absolute Gasteiger partial charge is 0.299 e. The van der Waals surface area contributed by atoms with E-state index in [-0.39, 0.29) is 0 Å². The molecule has 1 N–H and O–H groups in total. The van der Waals surface area contributed by atoms with E-state index in [1.807, 2.05) is 18.5 Å². The number of hydrogen-bond acceptors (Lipinski definition) is 3. The zero-order valence-corrected chi connectivity index (χ0v) is 10.5. The summed E-state index contributed by atoms with van der Waals surface area (Å²) in [5, 5.41) is 7.23. The van der Waals surface area contributed by atoms with Gasteiger partial charge in [0.25, 0.3) is 0 Å². The Balaban J connectivity index is 1.97. The molecule has 0 aliphatic heterocycles. The lowest BCUT2D eigenvalue weighted by atomic mass is 10.1. The van der Waals surface area contributed by atoms with Crippen molar-refractivity contribution >= 4 is 12.2 Å². The Labute approximate surface area is 105 Å². The van der Waals surface area contributed by atoms with E-state index in [1.165, 1.54) is 24.0 Å². The molecule has 0 atom stereocenters. The maximum atomic E-state index is 5.29. The van der Waals surface area contributed by atoms with Gasteiger partial charge in [0, 0.05) is 18.3 Å². The molecule has 0 amide bonds. The summed E-state index contributed by atoms with van der Waals surface area (Å²) in [6.45, 7) is 2.86. The minimum atomic E-state index is 0.602. The van der Waals surface area contributed by atoms with Crippen molar-refractivity contribution < 1.29 is 0 Å². The van der Waals surface area contributed by atoms with E-state index in [4.69, 9.17) is 12.2 Å². The van der Waals surface area contributed by atoms with Gasteiger partial charge in [-0.15, -0.1) is 0 Å². The third-order valence-corrected chi connectivity index (χ3v) is 3.51. The van der Waals surface area contributed by atoms with Crippen LogP contribution in [0.15, 0.2) is 18.5 Å². The van der Waals surface area contributed by atoms with Crippen molar-refractivity contribution in [2.45, 2.75) is 32.2 Å². The SMILES string of the molecule is Cc1cnccc1Cn1c(C2CC2)n[nH]c1=S. The molecule has 1 aliphatic carbocycles. The van der Waals surface area contributed by atoms with Crippen LogP contribution < -0.4 is 0 Å². The number of aryl methyl sites for hydroxylation is 1. The van der Waals surface area contributed by atoms with Crippen LogP contribution in [0.4, 0.5) is 0 Å². The van der Waals surface area contributed by atoms with E-state index in [0.29, 0.717) is 10.7 Å². The second-order valence-corrected chi connectivity index (χ2v) is 4.94. The molecule has 88 valence electrons. The topological polar surface area (TPSA) is 46.5 Å². The lowest BCUT2D eigenvalue weighted by molar-refractivity contribution is 0.715. The Bertz CT molecular complexity index is 595. The van der Waals surface area contributed by atoms with Gasteiger partial charge in [-0.2, -0.15) is 5.10 Å². The van der Waals surface area contributed by atoms with Crippen LogP contribution >= 0.6 is 12.2 Å². The van der Waals surface area contributed by atoms with Gasteiger partial charge in [0.15, 0.2) is 4.77 Å². The zero-order chi connectivity index (χ0) is 11.8. The summed E-state index contributed by atoms with van der Waals surface area (Å²) in [5.41, 5.74) is 2.44. The van der Waals surface area contributed by atoms with Crippen LogP contribution in [0.1, 0.15) is 35.7 Å². The molecule has 17 heavy (non-hydrogen) atoms. The number of rotatable bonds is 3. The predicted molar refractivity (Wildman–Crippen MR) is 67.5 cm³/mol. The van der Waals surface area contributed by atoms with Crippen molar-refractivity contribution in [2.75, 3.05) is 0 Å². The van der Waals surface area contributed by atoms with E-state index in [0.717, 1.165) is 12.4 Å². The summed E-state index contributed by atoms with van der Waals surface area (Å²) in [4.78, 5) is 4.11. The first kappa shape index (κ1) is 10.7. The molecular formula is C12H14N4S. The highest BCUT2D eigenvalue weighted by Crippen LogP contribution is 2.39. The number of nitrogens with zero attached hydrogens (tertiary/aromatic N) is 3. The summed E-state index contributed by atoms with van der Waals surface area (Å²) in [5.74, 6) is 1.70. The van der Waals surface area contributed by atoms with Gasteiger partial charge in [-0.1, -0.05) is 0 Å². The van der Waals surface area contributed by atoms with Gasteiger partial charge >= 0.3 is 0 Å². The van der Waals surface area contributed by atoms with Crippen molar-refractivity contribution in [3.8, 4) is 0 Å². The molecule has 1 saturated carbocycles. The maximum Gasteiger partial charge on any atom is 0.195 e. The molecular weight excluding hydrogens is 232 g/mol. The standard InChI is InChI=1S/C12H14N4S/c1-8-6-13-5-4-10(8)7-16-11(9-2-3-9)14-15-12(16)17/h4-6,9H,2-3,7H2,1H3,(H,15,17). The van der Waals surface area contributed by atoms with Gasteiger partial charge in [0.1, 0.15) is 5.82 Å². The predicted octanol–water partition coefficient (Wildman–Crippen LogP) is 2.57. The second-order valence-electron chi connectivity index (χ2n) is 4.55. The molecule has 1 fully saturated rings. The fourth-order valence-corrected chi connectivity index (χ4v) is 2.19. The molecule has 2 heterocycles. The fraction of sp³-hybridized carbons (Fsp3) is 0.417. The first-order valence-electron chi connectivity index (χ1n) is 5.80. The van der Waals surface area contributed by atoms with Crippen molar-refractivity contribution in [3.63, 3.8) is 0 Å². The minimum absolute atomic E-state index is 0.602. The van der Waals surface area contributed by atoms with E-state index in [1.54, 1.807) is 0 Å². The van der Waals surface area contributed by atoms with Gasteiger partial charge in [-0.3, -0.25) is 14.6 Å². The fourth-order valence-electron chi connectivity index (χ4n) is 1.99. The Morgan fingerprint density at radius 2 is 2.35 bits per heavy atom. The first-order valence-corrected chi connectivity index (χ1v) is 6.21. The highest BCUT2D eigenvalue weighted by atomic mass is 32.1. The quantitative estimate of drug-likeness (QED) is 0.847. The second kappa shape index (κ2) is 4.07. The van der Waals surface area contributed by atoms with Gasteiger partial charge in [0.2, 0.25) is 0 Å². The van der Waals surface area contributed by atoms with Crippen molar-refractivity contribution in [1.82, 2.24) is 19.7 Å². The zero-order valence-electron chi connectivity index (χ0n) is 9.68. The van der Waals surface area contributed by atoms with Crippen LogP contribution in [-0.2, 0) is 6.54 Å². The third kappa shape index (κ3) is 2.02. The monoisotopic (exact) mass is 246 g/mol. The van der Waals surface area contributed by atoms with Crippen LogP contribution in [0, 0.1) is 11.7 Å². The molecule has 0 bridgehead atoms. The highest BCUT2D eigenvalue weighted by Gasteiger charge is 2.29. The summed E-state index contributed by atoms with van der Waals surface area (Å²) in [7, 11) is 0. The Morgan fingerprint density at radius 3 is 3.06 bits per heavy atom. The lowest BCUT2D eigenvalue weighted by Gasteiger charge is -2.08. The number of pyridine rings is 1. The van der Waals surface area contributed by atoms with Gasteiger partial charge in [-0.05, 0) is 49.2 Å². The molecule has 2 aromatic rings. The van der Waals surface area contributed by atoms with Gasteiger partial charge in [-0.25, -0.2) is 0 Å². The molecule has 0 saturated heterocycles. The highest BCUT2D eigenvalue weighted by molar-refractivity contribution is 7.71. The average Bonchev–Trinajstić information content (AvgIpc) is 3.09. The first-order chi connectivity index (χ1) is 8.25. The van der Waals surface area contributed by atoms with Crippen LogP contribution in [0.25, 0.3) is 0 Å². The Kier molecular flexibility index (Phi) is 2.55. The number of nitrogens with one attached hydrogen (secondary N) is 1. The summed E-state index contributed by atoms with van der Waals surface area (Å²) in [6.07, 6.45) is 6.17. The van der Waals surface area contributed by atoms with E-state index < -0.39 is 0 Å². The van der Waals surface area contributed by atoms with Crippen molar-refractivity contribution in [1.29, 1.82) is 0 Å². The Hall–Kier alpha value is -1.49. The lowest BCUT2D eigenvalue weighted by Crippen LogP contribution is -2.06. The van der Waals surface area contributed by atoms with Gasteiger partial charge < -0.3 is 0 Å². The summed E-state index contributed by atoms with van der Waals surface area (Å²) >= 11 is 5.29. The van der Waals surface area contributed by atoms with Crippen molar-refractivity contribution in [2.24, 2.45) is 0 Å². The maximum absolute atomic E-state index is 5.29. The molecule has 0 spiro atoms. The summed E-state index contributed by atoms with van der Waals surface area (Å²) in [6, 6.07) is 2.04. The number of aromatic amines is 1. The number of hydrogen-bond donors (Lipinski definition) is 1. The minimum Gasteiger partial charge on any atom is -0.299 e. The summed E-state index contributed by atoms with van der Waals surface area (Å²) < 4.78 is 2.82. The van der Waals surface area contributed by atoms with E-state index in [9.17, 15) is 0 Å². The van der Waals surface area contributed by atoms with E-state index in [2.05, 4.69) is 26.7 Å².